The largest absolute Gasteiger partial charge is 0.379 e. The van der Waals surface area contributed by atoms with Crippen molar-refractivity contribution in [1.29, 1.82) is 0 Å². The van der Waals surface area contributed by atoms with E-state index in [1.165, 1.54) is 0 Å². The highest BCUT2D eigenvalue weighted by molar-refractivity contribution is 6.34. The second-order valence-corrected chi connectivity index (χ2v) is 4.71. The van der Waals surface area contributed by atoms with Gasteiger partial charge in [-0.1, -0.05) is 11.6 Å². The summed E-state index contributed by atoms with van der Waals surface area (Å²) in [6, 6.07) is 5.31. The molecule has 0 radical (unpaired) electrons. The molecule has 1 amide bonds. The first-order valence-corrected chi connectivity index (χ1v) is 6.78. The van der Waals surface area contributed by atoms with E-state index in [1.807, 2.05) is 12.3 Å². The molecule has 0 fully saturated rings. The number of carbonyl (C=O) groups excluding carboxylic acids is 1. The van der Waals surface area contributed by atoms with E-state index >= 15 is 0 Å². The second kappa shape index (κ2) is 6.43. The zero-order chi connectivity index (χ0) is 14.5. The Morgan fingerprint density at radius 3 is 2.95 bits per heavy atom. The van der Waals surface area contributed by atoms with Crippen molar-refractivity contribution >= 4 is 23.2 Å². The first kappa shape index (κ1) is 14.4. The summed E-state index contributed by atoms with van der Waals surface area (Å²) in [5.74, 6) is -0.197. The summed E-state index contributed by atoms with van der Waals surface area (Å²) < 4.78 is 2.06. The van der Waals surface area contributed by atoms with Crippen molar-refractivity contribution < 1.29 is 4.79 Å². The fourth-order valence-corrected chi connectivity index (χ4v) is 2.12. The summed E-state index contributed by atoms with van der Waals surface area (Å²) in [6.07, 6.45) is 3.63. The third-order valence-corrected chi connectivity index (χ3v) is 3.38. The average molecular weight is 293 g/mol. The van der Waals surface area contributed by atoms with Crippen LogP contribution in [0, 0.1) is 0 Å². The molecular formula is C14H17ClN4O. The number of halogens is 1. The standard InChI is InChI=1S/C14H17ClN4O/c1-3-19-9-17-7-11(19)8-18-10-4-5-13(15)12(6-10)14(20)16-2/h4-7,9,18H,3,8H2,1-2H3,(H,16,20). The zero-order valence-electron chi connectivity index (χ0n) is 11.5. The number of aromatic nitrogens is 2. The van der Waals surface area contributed by atoms with Crippen LogP contribution in [0.15, 0.2) is 30.7 Å². The molecule has 0 bridgehead atoms. The van der Waals surface area contributed by atoms with Crippen molar-refractivity contribution in [2.24, 2.45) is 0 Å². The highest BCUT2D eigenvalue weighted by Gasteiger charge is 2.09. The van der Waals surface area contributed by atoms with Gasteiger partial charge >= 0.3 is 0 Å². The molecule has 1 aromatic carbocycles. The summed E-state index contributed by atoms with van der Waals surface area (Å²) >= 11 is 6.01. The Morgan fingerprint density at radius 2 is 2.25 bits per heavy atom. The molecule has 106 valence electrons. The number of rotatable bonds is 5. The predicted molar refractivity (Wildman–Crippen MR) is 80.1 cm³/mol. The number of anilines is 1. The maximum atomic E-state index is 11.7. The Morgan fingerprint density at radius 1 is 1.45 bits per heavy atom. The first-order valence-electron chi connectivity index (χ1n) is 6.40. The van der Waals surface area contributed by atoms with Gasteiger partial charge in [0.15, 0.2) is 0 Å². The Kier molecular flexibility index (Phi) is 4.63. The lowest BCUT2D eigenvalue weighted by atomic mass is 10.2. The van der Waals surface area contributed by atoms with Gasteiger partial charge in [-0.15, -0.1) is 0 Å². The highest BCUT2D eigenvalue weighted by Crippen LogP contribution is 2.21. The molecule has 0 unspecified atom stereocenters. The van der Waals surface area contributed by atoms with Crippen LogP contribution in [0.3, 0.4) is 0 Å². The van der Waals surface area contributed by atoms with E-state index in [1.54, 1.807) is 25.5 Å². The summed E-state index contributed by atoms with van der Waals surface area (Å²) in [7, 11) is 1.58. The molecule has 6 heteroatoms. The summed E-state index contributed by atoms with van der Waals surface area (Å²) in [5.41, 5.74) is 2.39. The molecule has 0 atom stereocenters. The molecular weight excluding hydrogens is 276 g/mol. The third-order valence-electron chi connectivity index (χ3n) is 3.05. The molecule has 0 spiro atoms. The van der Waals surface area contributed by atoms with Gasteiger partial charge in [0.05, 0.1) is 29.2 Å². The van der Waals surface area contributed by atoms with E-state index in [9.17, 15) is 4.79 Å². The third kappa shape index (κ3) is 3.11. The molecule has 0 saturated heterocycles. The van der Waals surface area contributed by atoms with E-state index < -0.39 is 0 Å². The van der Waals surface area contributed by atoms with Gasteiger partial charge in [0, 0.05) is 25.5 Å². The molecule has 0 aliphatic heterocycles. The van der Waals surface area contributed by atoms with Crippen molar-refractivity contribution in [3.05, 3.63) is 47.0 Å². The maximum absolute atomic E-state index is 11.7. The lowest BCUT2D eigenvalue weighted by Gasteiger charge is -2.10. The van der Waals surface area contributed by atoms with E-state index in [4.69, 9.17) is 11.6 Å². The number of amides is 1. The average Bonchev–Trinajstić information content (AvgIpc) is 2.93. The van der Waals surface area contributed by atoms with Gasteiger partial charge in [-0.3, -0.25) is 4.79 Å². The summed E-state index contributed by atoms with van der Waals surface area (Å²) in [4.78, 5) is 15.8. The van der Waals surface area contributed by atoms with E-state index in [0.29, 0.717) is 17.1 Å². The number of hydrogen-bond donors (Lipinski definition) is 2. The van der Waals surface area contributed by atoms with Crippen molar-refractivity contribution in [2.75, 3.05) is 12.4 Å². The van der Waals surface area contributed by atoms with Crippen molar-refractivity contribution in [1.82, 2.24) is 14.9 Å². The number of carbonyl (C=O) groups is 1. The molecule has 0 aliphatic carbocycles. The smallest absolute Gasteiger partial charge is 0.252 e. The fraction of sp³-hybridized carbons (Fsp3) is 0.286. The molecule has 1 heterocycles. The monoisotopic (exact) mass is 292 g/mol. The minimum absolute atomic E-state index is 0.197. The number of nitrogens with zero attached hydrogens (tertiary/aromatic N) is 2. The zero-order valence-corrected chi connectivity index (χ0v) is 12.2. The van der Waals surface area contributed by atoms with E-state index in [2.05, 4.69) is 27.1 Å². The summed E-state index contributed by atoms with van der Waals surface area (Å²) in [6.45, 7) is 3.58. The Hall–Kier alpha value is -2.01. The quantitative estimate of drug-likeness (QED) is 0.890. The fourth-order valence-electron chi connectivity index (χ4n) is 1.92. The van der Waals surface area contributed by atoms with Crippen LogP contribution in [0.4, 0.5) is 5.69 Å². The molecule has 2 N–H and O–H groups in total. The number of aryl methyl sites for hydroxylation is 1. The van der Waals surface area contributed by atoms with Gasteiger partial charge in [0.25, 0.3) is 5.91 Å². The molecule has 1 aromatic heterocycles. The molecule has 5 nitrogen and oxygen atoms in total. The number of imidazole rings is 1. The number of benzene rings is 1. The van der Waals surface area contributed by atoms with Crippen LogP contribution in [0.2, 0.25) is 5.02 Å². The van der Waals surface area contributed by atoms with Gasteiger partial charge in [-0.05, 0) is 25.1 Å². The predicted octanol–water partition coefficient (Wildman–Crippen LogP) is 2.53. The van der Waals surface area contributed by atoms with Crippen molar-refractivity contribution in [3.63, 3.8) is 0 Å². The number of hydrogen-bond acceptors (Lipinski definition) is 3. The van der Waals surface area contributed by atoms with Crippen LogP contribution in [0.25, 0.3) is 0 Å². The Labute approximate surface area is 123 Å². The normalized spacial score (nSPS) is 10.3. The molecule has 0 aliphatic rings. The minimum atomic E-state index is -0.197. The van der Waals surface area contributed by atoms with Crippen LogP contribution >= 0.6 is 11.6 Å². The van der Waals surface area contributed by atoms with Crippen LogP contribution in [-0.4, -0.2) is 22.5 Å². The van der Waals surface area contributed by atoms with E-state index in [0.717, 1.165) is 17.9 Å². The van der Waals surface area contributed by atoms with Gasteiger partial charge in [-0.25, -0.2) is 4.98 Å². The van der Waals surface area contributed by atoms with Crippen LogP contribution in [0.1, 0.15) is 23.0 Å². The lowest BCUT2D eigenvalue weighted by molar-refractivity contribution is 0.0963. The minimum Gasteiger partial charge on any atom is -0.379 e. The second-order valence-electron chi connectivity index (χ2n) is 4.30. The SMILES string of the molecule is CCn1cncc1CNc1ccc(Cl)c(C(=O)NC)c1. The first-order chi connectivity index (χ1) is 9.65. The maximum Gasteiger partial charge on any atom is 0.252 e. The van der Waals surface area contributed by atoms with E-state index in [-0.39, 0.29) is 5.91 Å². The van der Waals surface area contributed by atoms with Gasteiger partial charge in [-0.2, -0.15) is 0 Å². The van der Waals surface area contributed by atoms with Gasteiger partial charge in [0.2, 0.25) is 0 Å². The Bertz CT molecular complexity index is 609. The molecule has 2 rings (SSSR count). The number of nitrogens with one attached hydrogen (secondary N) is 2. The van der Waals surface area contributed by atoms with Crippen LogP contribution in [0.5, 0.6) is 0 Å². The molecule has 20 heavy (non-hydrogen) atoms. The molecule has 2 aromatic rings. The van der Waals surface area contributed by atoms with Crippen LogP contribution < -0.4 is 10.6 Å². The Balaban J connectivity index is 2.12. The van der Waals surface area contributed by atoms with Crippen molar-refractivity contribution in [3.8, 4) is 0 Å². The lowest BCUT2D eigenvalue weighted by Crippen LogP contribution is -2.18. The van der Waals surface area contributed by atoms with Crippen molar-refractivity contribution in [2.45, 2.75) is 20.0 Å². The van der Waals surface area contributed by atoms with Gasteiger partial charge in [0.1, 0.15) is 0 Å². The van der Waals surface area contributed by atoms with Gasteiger partial charge < -0.3 is 15.2 Å². The summed E-state index contributed by atoms with van der Waals surface area (Å²) in [5, 5.41) is 6.28. The highest BCUT2D eigenvalue weighted by atomic mass is 35.5. The molecule has 0 saturated carbocycles. The topological polar surface area (TPSA) is 59.0 Å². The van der Waals surface area contributed by atoms with Crippen LogP contribution in [-0.2, 0) is 13.1 Å².